The second-order valence-electron chi connectivity index (χ2n) is 4.32. The topological polar surface area (TPSA) is 62.8 Å². The van der Waals surface area contributed by atoms with Gasteiger partial charge in [0.2, 0.25) is 0 Å². The van der Waals surface area contributed by atoms with Gasteiger partial charge in [0.05, 0.1) is 11.4 Å². The van der Waals surface area contributed by atoms with Crippen LogP contribution in [0.3, 0.4) is 0 Å². The van der Waals surface area contributed by atoms with Crippen LogP contribution in [0.2, 0.25) is 0 Å². The molecule has 0 fully saturated rings. The number of nitrogen functional groups attached to an aromatic ring is 1. The van der Waals surface area contributed by atoms with Gasteiger partial charge in [0.15, 0.2) is 0 Å². The molecule has 3 N–H and O–H groups in total. The van der Waals surface area contributed by atoms with Crippen molar-refractivity contribution in [2.24, 2.45) is 0 Å². The lowest BCUT2D eigenvalue weighted by Gasteiger charge is -2.07. The second kappa shape index (κ2) is 5.14. The minimum absolute atomic E-state index is 0.254. The summed E-state index contributed by atoms with van der Waals surface area (Å²) in [6.45, 7) is 1.59. The first kappa shape index (κ1) is 13.1. The molecule has 0 saturated carbocycles. The van der Waals surface area contributed by atoms with E-state index in [2.05, 4.69) is 4.98 Å². The maximum atomic E-state index is 13.1. The molecule has 0 radical (unpaired) electrons. The molecule has 0 spiro atoms. The van der Waals surface area contributed by atoms with Crippen LogP contribution in [0, 0.1) is 17.0 Å². The highest BCUT2D eigenvalue weighted by atomic mass is 19.1. The monoisotopic (exact) mass is 261 g/mol. The molecule has 0 atom stereocenters. The number of hydrogen-bond donors (Lipinski definition) is 2. The summed E-state index contributed by atoms with van der Waals surface area (Å²) in [6, 6.07) is 6.68. The Morgan fingerprint density at radius 3 is 2.42 bits per heavy atom. The van der Waals surface area contributed by atoms with E-state index in [0.29, 0.717) is 22.6 Å². The Balaban J connectivity index is 2.33. The molecule has 1 aromatic heterocycles. The van der Waals surface area contributed by atoms with E-state index in [4.69, 9.17) is 11.1 Å². The van der Waals surface area contributed by atoms with Gasteiger partial charge < -0.3 is 11.1 Å². The van der Waals surface area contributed by atoms with Crippen LogP contribution in [0.5, 0.6) is 0 Å². The highest BCUT2D eigenvalue weighted by Crippen LogP contribution is 2.15. The van der Waals surface area contributed by atoms with Crippen molar-refractivity contribution in [2.45, 2.75) is 13.3 Å². The van der Waals surface area contributed by atoms with E-state index in [1.807, 2.05) is 0 Å². The van der Waals surface area contributed by atoms with E-state index >= 15 is 0 Å². The lowest BCUT2D eigenvalue weighted by Crippen LogP contribution is -2.06. The average Bonchev–Trinajstić information content (AvgIpc) is 2.30. The van der Waals surface area contributed by atoms with Crippen LogP contribution in [0.1, 0.15) is 23.9 Å². The molecule has 1 heterocycles. The third-order valence-corrected chi connectivity index (χ3v) is 2.65. The van der Waals surface area contributed by atoms with E-state index < -0.39 is 11.6 Å². The summed E-state index contributed by atoms with van der Waals surface area (Å²) >= 11 is 0. The van der Waals surface area contributed by atoms with Gasteiger partial charge in [-0.2, -0.15) is 0 Å². The molecule has 2 rings (SSSR count). The lowest BCUT2D eigenvalue weighted by molar-refractivity contribution is 0.580. The summed E-state index contributed by atoms with van der Waals surface area (Å²) in [7, 11) is 0. The Morgan fingerprint density at radius 1 is 1.21 bits per heavy atom. The Labute approximate surface area is 109 Å². The highest BCUT2D eigenvalue weighted by molar-refractivity contribution is 5.98. The smallest absolute Gasteiger partial charge is 0.126 e. The number of halogens is 2. The van der Waals surface area contributed by atoms with Gasteiger partial charge in [-0.1, -0.05) is 0 Å². The molecule has 0 amide bonds. The number of nitrogens with zero attached hydrogens (tertiary/aromatic N) is 1. The second-order valence-corrected chi connectivity index (χ2v) is 4.32. The fourth-order valence-corrected chi connectivity index (χ4v) is 1.83. The first-order valence-electron chi connectivity index (χ1n) is 5.71. The first-order valence-corrected chi connectivity index (χ1v) is 5.71. The average molecular weight is 261 g/mol. The lowest BCUT2D eigenvalue weighted by atomic mass is 10.1. The summed E-state index contributed by atoms with van der Waals surface area (Å²) in [5.74, 6) is -1.23. The molecule has 5 heteroatoms. The first-order chi connectivity index (χ1) is 8.95. The molecule has 0 aliphatic rings. The largest absolute Gasteiger partial charge is 0.397 e. The molecule has 1 aromatic carbocycles. The minimum Gasteiger partial charge on any atom is -0.397 e. The quantitative estimate of drug-likeness (QED) is 0.834. The van der Waals surface area contributed by atoms with Crippen molar-refractivity contribution >= 4 is 11.4 Å². The number of aromatic nitrogens is 1. The molecular formula is C14H13F2N3. The molecular weight excluding hydrogens is 248 g/mol. The predicted molar refractivity (Wildman–Crippen MR) is 70.3 cm³/mol. The molecule has 19 heavy (non-hydrogen) atoms. The number of nitrogens with one attached hydrogen (secondary N) is 1. The molecule has 0 saturated heterocycles. The Morgan fingerprint density at radius 2 is 1.84 bits per heavy atom. The Kier molecular flexibility index (Phi) is 3.55. The maximum Gasteiger partial charge on any atom is 0.126 e. The van der Waals surface area contributed by atoms with E-state index in [0.717, 1.165) is 6.07 Å². The van der Waals surface area contributed by atoms with E-state index in [1.165, 1.54) is 12.1 Å². The van der Waals surface area contributed by atoms with Gasteiger partial charge in [-0.3, -0.25) is 0 Å². The zero-order valence-electron chi connectivity index (χ0n) is 10.4. The van der Waals surface area contributed by atoms with Crippen LogP contribution in [-0.4, -0.2) is 10.7 Å². The van der Waals surface area contributed by atoms with Gasteiger partial charge in [-0.05, 0) is 36.8 Å². The zero-order chi connectivity index (χ0) is 14.0. The normalized spacial score (nSPS) is 10.5. The summed E-state index contributed by atoms with van der Waals surface area (Å²) in [5.41, 5.74) is 7.88. The van der Waals surface area contributed by atoms with E-state index in [1.54, 1.807) is 19.1 Å². The van der Waals surface area contributed by atoms with Crippen molar-refractivity contribution in [3.8, 4) is 0 Å². The zero-order valence-corrected chi connectivity index (χ0v) is 10.4. The fourth-order valence-electron chi connectivity index (χ4n) is 1.83. The predicted octanol–water partition coefficient (Wildman–Crippen LogP) is 2.92. The van der Waals surface area contributed by atoms with Gasteiger partial charge in [-0.25, -0.2) is 13.8 Å². The SMILES string of the molecule is CC(=N)c1nc(Cc2cc(F)cc(F)c2)ccc1N. The number of anilines is 1. The van der Waals surface area contributed by atoms with E-state index in [-0.39, 0.29) is 12.1 Å². The molecule has 0 aliphatic heterocycles. The molecule has 0 aliphatic carbocycles. The van der Waals surface area contributed by atoms with Gasteiger partial charge in [-0.15, -0.1) is 0 Å². The number of rotatable bonds is 3. The van der Waals surface area contributed by atoms with Crippen molar-refractivity contribution < 1.29 is 8.78 Å². The number of nitrogens with two attached hydrogens (primary N) is 1. The Bertz CT molecular complexity index is 618. The summed E-state index contributed by atoms with van der Waals surface area (Å²) < 4.78 is 26.2. The van der Waals surface area contributed by atoms with Crippen LogP contribution in [0.4, 0.5) is 14.5 Å². The molecule has 98 valence electrons. The van der Waals surface area contributed by atoms with Crippen LogP contribution in [-0.2, 0) is 6.42 Å². The van der Waals surface area contributed by atoms with Crippen LogP contribution < -0.4 is 5.73 Å². The molecule has 3 nitrogen and oxygen atoms in total. The van der Waals surface area contributed by atoms with Crippen LogP contribution in [0.25, 0.3) is 0 Å². The van der Waals surface area contributed by atoms with Crippen molar-refractivity contribution in [3.63, 3.8) is 0 Å². The molecule has 0 unspecified atom stereocenters. The molecule has 0 bridgehead atoms. The van der Waals surface area contributed by atoms with Gasteiger partial charge in [0, 0.05) is 18.2 Å². The standard InChI is InChI=1S/C14H13F2N3/c1-8(17)14-13(18)3-2-12(19-14)6-9-4-10(15)7-11(16)5-9/h2-5,7,17H,6,18H2,1H3. The third kappa shape index (κ3) is 3.13. The summed E-state index contributed by atoms with van der Waals surface area (Å²) in [5, 5.41) is 7.56. The Hall–Kier alpha value is -2.30. The minimum atomic E-state index is -0.617. The van der Waals surface area contributed by atoms with Gasteiger partial charge in [0.1, 0.15) is 17.3 Å². The van der Waals surface area contributed by atoms with E-state index in [9.17, 15) is 8.78 Å². The third-order valence-electron chi connectivity index (χ3n) is 2.65. The molecule has 2 aromatic rings. The summed E-state index contributed by atoms with van der Waals surface area (Å²) in [4.78, 5) is 4.23. The van der Waals surface area contributed by atoms with Crippen molar-refractivity contribution in [3.05, 3.63) is 58.9 Å². The van der Waals surface area contributed by atoms with Gasteiger partial charge in [0.25, 0.3) is 0 Å². The summed E-state index contributed by atoms with van der Waals surface area (Å²) in [6.07, 6.45) is 0.287. The maximum absolute atomic E-state index is 13.1. The number of benzene rings is 1. The van der Waals surface area contributed by atoms with Crippen molar-refractivity contribution in [1.29, 1.82) is 5.41 Å². The number of hydrogen-bond acceptors (Lipinski definition) is 3. The van der Waals surface area contributed by atoms with Gasteiger partial charge >= 0.3 is 0 Å². The fraction of sp³-hybridized carbons (Fsp3) is 0.143. The van der Waals surface area contributed by atoms with Crippen LogP contribution >= 0.6 is 0 Å². The van der Waals surface area contributed by atoms with Crippen molar-refractivity contribution in [2.75, 3.05) is 5.73 Å². The number of pyridine rings is 1. The van der Waals surface area contributed by atoms with Crippen molar-refractivity contribution in [1.82, 2.24) is 4.98 Å². The van der Waals surface area contributed by atoms with Crippen LogP contribution in [0.15, 0.2) is 30.3 Å². The highest BCUT2D eigenvalue weighted by Gasteiger charge is 2.07.